The van der Waals surface area contributed by atoms with E-state index in [4.69, 9.17) is 19.3 Å². The van der Waals surface area contributed by atoms with Crippen molar-refractivity contribution < 1.29 is 34.0 Å². The molecule has 108 valence electrons. The number of hydrogen-bond donors (Lipinski definition) is 2. The van der Waals surface area contributed by atoms with E-state index in [0.29, 0.717) is 0 Å². The van der Waals surface area contributed by atoms with Crippen LogP contribution >= 0.6 is 0 Å². The van der Waals surface area contributed by atoms with E-state index in [0.717, 1.165) is 6.08 Å². The molecule has 0 atom stereocenters. The second kappa shape index (κ2) is 6.46. The van der Waals surface area contributed by atoms with Crippen molar-refractivity contribution in [1.82, 2.24) is 0 Å². The lowest BCUT2D eigenvalue weighted by Crippen LogP contribution is -2.05. The van der Waals surface area contributed by atoms with Crippen LogP contribution in [0.1, 0.15) is 12.5 Å². The Kier molecular flexibility index (Phi) is 4.96. The highest BCUT2D eigenvalue weighted by Gasteiger charge is 2.21. The summed E-state index contributed by atoms with van der Waals surface area (Å²) in [4.78, 5) is 21.7. The lowest BCUT2D eigenvalue weighted by atomic mass is 10.1. The van der Waals surface area contributed by atoms with Gasteiger partial charge < -0.3 is 24.4 Å². The van der Waals surface area contributed by atoms with Crippen molar-refractivity contribution in [3.8, 4) is 23.0 Å². The molecule has 0 fully saturated rings. The maximum Gasteiger partial charge on any atom is 0.328 e. The molecule has 0 saturated heterocycles. The van der Waals surface area contributed by atoms with E-state index in [1.54, 1.807) is 0 Å². The van der Waals surface area contributed by atoms with Gasteiger partial charge in [0, 0.05) is 18.6 Å². The minimum atomic E-state index is -1.18. The zero-order chi connectivity index (χ0) is 15.3. The monoisotopic (exact) mass is 282 g/mol. The van der Waals surface area contributed by atoms with Crippen LogP contribution in [0.3, 0.4) is 0 Å². The topological polar surface area (TPSA) is 102 Å². The van der Waals surface area contributed by atoms with E-state index in [2.05, 4.69) is 0 Å². The summed E-state index contributed by atoms with van der Waals surface area (Å²) in [5, 5.41) is 18.6. The van der Waals surface area contributed by atoms with Crippen molar-refractivity contribution >= 4 is 18.0 Å². The number of aromatic hydroxyl groups is 1. The Morgan fingerprint density at radius 2 is 1.85 bits per heavy atom. The van der Waals surface area contributed by atoms with Gasteiger partial charge in [-0.05, 0) is 12.1 Å². The summed E-state index contributed by atoms with van der Waals surface area (Å²) in [5.41, 5.74) is 0.217. The van der Waals surface area contributed by atoms with Crippen LogP contribution in [0, 0.1) is 0 Å². The molecule has 0 saturated carbocycles. The SMILES string of the molecule is COc1cc(C=CC(=O)O)c(OC(C)=O)c(OC)c1O. The van der Waals surface area contributed by atoms with E-state index in [1.807, 2.05) is 0 Å². The fourth-order valence-corrected chi connectivity index (χ4v) is 1.50. The third-order valence-corrected chi connectivity index (χ3v) is 2.28. The fourth-order valence-electron chi connectivity index (χ4n) is 1.50. The average molecular weight is 282 g/mol. The van der Waals surface area contributed by atoms with Gasteiger partial charge in [0.15, 0.2) is 11.5 Å². The zero-order valence-corrected chi connectivity index (χ0v) is 11.2. The molecule has 0 aliphatic heterocycles. The van der Waals surface area contributed by atoms with Crippen LogP contribution in [0.5, 0.6) is 23.0 Å². The summed E-state index contributed by atoms with van der Waals surface area (Å²) in [6.45, 7) is 1.17. The summed E-state index contributed by atoms with van der Waals surface area (Å²) >= 11 is 0. The molecular formula is C13H14O7. The largest absolute Gasteiger partial charge is 0.502 e. The highest BCUT2D eigenvalue weighted by molar-refractivity contribution is 5.87. The third-order valence-electron chi connectivity index (χ3n) is 2.28. The molecule has 0 radical (unpaired) electrons. The van der Waals surface area contributed by atoms with E-state index in [1.165, 1.54) is 33.3 Å². The van der Waals surface area contributed by atoms with Gasteiger partial charge in [-0.25, -0.2) is 4.79 Å². The highest BCUT2D eigenvalue weighted by atomic mass is 16.6. The number of phenols is 1. The Bertz CT molecular complexity index is 560. The first-order valence-corrected chi connectivity index (χ1v) is 5.48. The van der Waals surface area contributed by atoms with Crippen LogP contribution in [0.2, 0.25) is 0 Å². The molecule has 20 heavy (non-hydrogen) atoms. The summed E-state index contributed by atoms with van der Waals surface area (Å²) in [6, 6.07) is 1.33. The lowest BCUT2D eigenvalue weighted by Gasteiger charge is -2.15. The smallest absolute Gasteiger partial charge is 0.328 e. The summed E-state index contributed by atoms with van der Waals surface area (Å²) in [6.07, 6.45) is 2.06. The Balaban J connectivity index is 3.51. The van der Waals surface area contributed by atoms with Crippen LogP contribution in [0.4, 0.5) is 0 Å². The van der Waals surface area contributed by atoms with Gasteiger partial charge in [0.25, 0.3) is 0 Å². The van der Waals surface area contributed by atoms with Crippen molar-refractivity contribution in [2.24, 2.45) is 0 Å². The van der Waals surface area contributed by atoms with E-state index < -0.39 is 11.9 Å². The number of carbonyl (C=O) groups excluding carboxylic acids is 1. The number of carboxylic acid groups (broad SMARTS) is 1. The van der Waals surface area contributed by atoms with Crippen LogP contribution in [-0.2, 0) is 9.59 Å². The molecule has 0 spiro atoms. The molecule has 1 aromatic carbocycles. The van der Waals surface area contributed by atoms with Gasteiger partial charge in [-0.15, -0.1) is 0 Å². The zero-order valence-electron chi connectivity index (χ0n) is 11.2. The average Bonchev–Trinajstić information content (AvgIpc) is 2.37. The summed E-state index contributed by atoms with van der Waals surface area (Å²) in [7, 11) is 2.59. The third kappa shape index (κ3) is 3.41. The summed E-state index contributed by atoms with van der Waals surface area (Å²) in [5.74, 6) is -2.32. The van der Waals surface area contributed by atoms with Crippen molar-refractivity contribution in [1.29, 1.82) is 0 Å². The number of esters is 1. The van der Waals surface area contributed by atoms with Crippen molar-refractivity contribution in [3.05, 3.63) is 17.7 Å². The Morgan fingerprint density at radius 1 is 1.20 bits per heavy atom. The van der Waals surface area contributed by atoms with Gasteiger partial charge in [-0.1, -0.05) is 0 Å². The molecule has 0 aliphatic carbocycles. The van der Waals surface area contributed by atoms with Crippen LogP contribution in [0.15, 0.2) is 12.1 Å². The molecule has 0 heterocycles. The van der Waals surface area contributed by atoms with Crippen LogP contribution < -0.4 is 14.2 Å². The van der Waals surface area contributed by atoms with Gasteiger partial charge >= 0.3 is 11.9 Å². The molecule has 0 aromatic heterocycles. The number of ether oxygens (including phenoxy) is 3. The standard InChI is InChI=1S/C13H14O7/c1-7(14)20-12-8(4-5-10(15)16)6-9(18-2)11(17)13(12)19-3/h4-6,17H,1-3H3,(H,15,16). The molecule has 0 aliphatic rings. The molecule has 1 rings (SSSR count). The predicted molar refractivity (Wildman–Crippen MR) is 69.2 cm³/mol. The second-order valence-corrected chi connectivity index (χ2v) is 3.64. The lowest BCUT2D eigenvalue weighted by molar-refractivity contribution is -0.132. The Labute approximate surface area is 115 Å². The quantitative estimate of drug-likeness (QED) is 0.478. The van der Waals surface area contributed by atoms with Crippen LogP contribution in [-0.4, -0.2) is 36.4 Å². The number of carboxylic acids is 1. The molecule has 0 unspecified atom stereocenters. The Hall–Kier alpha value is -2.70. The first-order chi connectivity index (χ1) is 9.40. The van der Waals surface area contributed by atoms with Crippen molar-refractivity contribution in [2.75, 3.05) is 14.2 Å². The number of phenolic OH excluding ortho intramolecular Hbond substituents is 1. The molecular weight excluding hydrogens is 268 g/mol. The van der Waals surface area contributed by atoms with E-state index in [-0.39, 0.29) is 28.6 Å². The fraction of sp³-hybridized carbons (Fsp3) is 0.231. The normalized spacial score (nSPS) is 10.3. The number of hydrogen-bond acceptors (Lipinski definition) is 6. The molecule has 1 aromatic rings. The molecule has 2 N–H and O–H groups in total. The minimum Gasteiger partial charge on any atom is -0.502 e. The van der Waals surface area contributed by atoms with Gasteiger partial charge in [-0.3, -0.25) is 4.79 Å². The number of benzene rings is 1. The number of aliphatic carboxylic acids is 1. The van der Waals surface area contributed by atoms with Gasteiger partial charge in [0.05, 0.1) is 14.2 Å². The molecule has 0 amide bonds. The van der Waals surface area contributed by atoms with E-state index in [9.17, 15) is 14.7 Å². The molecule has 7 nitrogen and oxygen atoms in total. The molecule has 7 heteroatoms. The maximum atomic E-state index is 11.1. The predicted octanol–water partition coefficient (Wildman–Crippen LogP) is 1.43. The first kappa shape index (κ1) is 15.4. The van der Waals surface area contributed by atoms with Gasteiger partial charge in [-0.2, -0.15) is 0 Å². The van der Waals surface area contributed by atoms with Crippen LogP contribution in [0.25, 0.3) is 6.08 Å². The van der Waals surface area contributed by atoms with E-state index >= 15 is 0 Å². The molecule has 0 bridgehead atoms. The summed E-state index contributed by atoms with van der Waals surface area (Å²) < 4.78 is 14.9. The highest BCUT2D eigenvalue weighted by Crippen LogP contribution is 2.46. The second-order valence-electron chi connectivity index (χ2n) is 3.64. The number of carbonyl (C=O) groups is 2. The first-order valence-electron chi connectivity index (χ1n) is 5.48. The number of methoxy groups -OCH3 is 2. The minimum absolute atomic E-state index is 0.0581. The van der Waals surface area contributed by atoms with Gasteiger partial charge in [0.1, 0.15) is 0 Å². The van der Waals surface area contributed by atoms with Crippen molar-refractivity contribution in [2.45, 2.75) is 6.92 Å². The number of rotatable bonds is 5. The van der Waals surface area contributed by atoms with Gasteiger partial charge in [0.2, 0.25) is 11.5 Å². The van der Waals surface area contributed by atoms with Crippen molar-refractivity contribution in [3.63, 3.8) is 0 Å². The Morgan fingerprint density at radius 3 is 2.30 bits per heavy atom. The maximum absolute atomic E-state index is 11.1.